The third-order valence-corrected chi connectivity index (χ3v) is 7.98. The fraction of sp³-hybridized carbons (Fsp3) is 0. The molecule has 0 aliphatic heterocycles. The second-order valence-corrected chi connectivity index (χ2v) is 10.8. The summed E-state index contributed by atoms with van der Waals surface area (Å²) in [5, 5.41) is 3.76. The summed E-state index contributed by atoms with van der Waals surface area (Å²) in [6.07, 6.45) is 0. The first kappa shape index (κ1) is 19.4. The van der Waals surface area contributed by atoms with Crippen LogP contribution in [0.2, 0.25) is 0 Å². The standard InChI is InChI=1S/C44H31N/c1-2-11-32(12-3-1)34-25-27-40(28-26-34)45(41-19-8-17-37(30-41)38-24-23-33-13-4-5-15-36(33)29-38)42-20-9-18-39(31-42)44-22-10-16-35-14-6-7-21-43(35)44/h1-31H/i9D,18D,20D,25D,26D,27D,28D,31D. The zero-order chi connectivity index (χ0) is 37.0. The van der Waals surface area contributed by atoms with Gasteiger partial charge in [-0.3, -0.25) is 0 Å². The van der Waals surface area contributed by atoms with Crippen molar-refractivity contribution in [1.29, 1.82) is 0 Å². The number of rotatable bonds is 6. The van der Waals surface area contributed by atoms with Crippen LogP contribution < -0.4 is 4.90 Å². The summed E-state index contributed by atoms with van der Waals surface area (Å²) in [7, 11) is 0. The number of benzene rings is 8. The third-order valence-electron chi connectivity index (χ3n) is 7.98. The van der Waals surface area contributed by atoms with E-state index in [9.17, 15) is 5.48 Å². The Labute approximate surface area is 275 Å². The Kier molecular flexibility index (Phi) is 5.01. The quantitative estimate of drug-likeness (QED) is 0.189. The van der Waals surface area contributed by atoms with Gasteiger partial charge in [-0.05, 0) is 97.3 Å². The Bertz CT molecular complexity index is 2690. The van der Waals surface area contributed by atoms with E-state index in [-0.39, 0.29) is 58.8 Å². The molecule has 8 aromatic carbocycles. The molecule has 8 aromatic rings. The van der Waals surface area contributed by atoms with E-state index in [1.54, 1.807) is 42.5 Å². The number of hydrogen-bond donors (Lipinski definition) is 0. The predicted molar refractivity (Wildman–Crippen MR) is 192 cm³/mol. The fourth-order valence-electron chi connectivity index (χ4n) is 5.75. The summed E-state index contributed by atoms with van der Waals surface area (Å²) in [6, 6.07) is 40.6. The summed E-state index contributed by atoms with van der Waals surface area (Å²) in [5.74, 6) is 0. The monoisotopic (exact) mass is 581 g/mol. The second kappa shape index (κ2) is 11.6. The molecule has 45 heavy (non-hydrogen) atoms. The van der Waals surface area contributed by atoms with Crippen LogP contribution in [0, 0.1) is 0 Å². The van der Waals surface area contributed by atoms with Crippen LogP contribution in [0.5, 0.6) is 0 Å². The van der Waals surface area contributed by atoms with Crippen molar-refractivity contribution in [2.24, 2.45) is 0 Å². The normalized spacial score (nSPS) is 13.6. The van der Waals surface area contributed by atoms with E-state index >= 15 is 0 Å². The van der Waals surface area contributed by atoms with Crippen LogP contribution in [0.15, 0.2) is 188 Å². The molecule has 1 nitrogen and oxygen atoms in total. The average molecular weight is 582 g/mol. The summed E-state index contributed by atoms with van der Waals surface area (Å²) in [6.45, 7) is 0. The van der Waals surface area contributed by atoms with Gasteiger partial charge >= 0.3 is 0 Å². The molecule has 1 heteroatoms. The Balaban J connectivity index is 1.44. The van der Waals surface area contributed by atoms with Gasteiger partial charge in [-0.15, -0.1) is 0 Å². The van der Waals surface area contributed by atoms with Gasteiger partial charge in [0.05, 0.1) is 11.0 Å². The van der Waals surface area contributed by atoms with Gasteiger partial charge in [-0.25, -0.2) is 0 Å². The van der Waals surface area contributed by atoms with Crippen molar-refractivity contribution in [3.63, 3.8) is 0 Å². The molecule has 0 atom stereocenters. The van der Waals surface area contributed by atoms with Gasteiger partial charge in [0.1, 0.15) is 0 Å². The molecule has 0 fully saturated rings. The van der Waals surface area contributed by atoms with E-state index in [0.29, 0.717) is 16.8 Å². The molecule has 0 aromatic heterocycles. The molecule has 0 aliphatic rings. The molecule has 0 saturated carbocycles. The minimum atomic E-state index is -0.441. The number of nitrogens with zero attached hydrogens (tertiary/aromatic N) is 1. The maximum absolute atomic E-state index is 9.72. The summed E-state index contributed by atoms with van der Waals surface area (Å²) < 4.78 is 74.2. The van der Waals surface area contributed by atoms with Crippen molar-refractivity contribution in [1.82, 2.24) is 0 Å². The molecule has 0 saturated heterocycles. The smallest absolute Gasteiger partial charge is 0.0651 e. The molecule has 0 aliphatic carbocycles. The van der Waals surface area contributed by atoms with E-state index < -0.39 is 12.1 Å². The van der Waals surface area contributed by atoms with Crippen LogP contribution in [0.25, 0.3) is 54.9 Å². The molecule has 0 spiro atoms. The Morgan fingerprint density at radius 2 is 1.07 bits per heavy atom. The van der Waals surface area contributed by atoms with E-state index in [1.807, 2.05) is 91.0 Å². The zero-order valence-corrected chi connectivity index (χ0v) is 24.2. The second-order valence-electron chi connectivity index (χ2n) is 10.8. The van der Waals surface area contributed by atoms with E-state index in [4.69, 9.17) is 5.48 Å². The van der Waals surface area contributed by atoms with Crippen molar-refractivity contribution in [2.45, 2.75) is 0 Å². The van der Waals surface area contributed by atoms with Crippen LogP contribution in [0.1, 0.15) is 11.0 Å². The molecule has 212 valence electrons. The van der Waals surface area contributed by atoms with Crippen molar-refractivity contribution < 1.29 is 11.0 Å². The molecule has 0 heterocycles. The van der Waals surface area contributed by atoms with Crippen molar-refractivity contribution in [2.75, 3.05) is 4.90 Å². The van der Waals surface area contributed by atoms with Crippen LogP contribution in [0.4, 0.5) is 17.1 Å². The maximum atomic E-state index is 9.72. The van der Waals surface area contributed by atoms with Crippen molar-refractivity contribution in [3.8, 4) is 33.4 Å². The van der Waals surface area contributed by atoms with Crippen LogP contribution >= 0.6 is 0 Å². The molecular weight excluding hydrogens is 542 g/mol. The topological polar surface area (TPSA) is 3.24 Å². The lowest BCUT2D eigenvalue weighted by Gasteiger charge is -2.27. The van der Waals surface area contributed by atoms with Crippen LogP contribution in [-0.4, -0.2) is 0 Å². The van der Waals surface area contributed by atoms with Crippen LogP contribution in [-0.2, 0) is 0 Å². The summed E-state index contributed by atoms with van der Waals surface area (Å²) in [4.78, 5) is 1.40. The lowest BCUT2D eigenvalue weighted by Crippen LogP contribution is -2.10. The Morgan fingerprint density at radius 1 is 0.378 bits per heavy atom. The average Bonchev–Trinajstić information content (AvgIpc) is 3.19. The largest absolute Gasteiger partial charge is 0.310 e. The maximum Gasteiger partial charge on any atom is 0.0651 e. The van der Waals surface area contributed by atoms with Gasteiger partial charge in [0.2, 0.25) is 0 Å². The van der Waals surface area contributed by atoms with Gasteiger partial charge in [0.15, 0.2) is 0 Å². The molecular formula is C44H31N. The van der Waals surface area contributed by atoms with Crippen LogP contribution in [0.3, 0.4) is 0 Å². The van der Waals surface area contributed by atoms with E-state index in [2.05, 4.69) is 6.07 Å². The lowest BCUT2D eigenvalue weighted by atomic mass is 9.97. The van der Waals surface area contributed by atoms with Gasteiger partial charge in [-0.1, -0.05) is 145 Å². The molecule has 0 amide bonds. The minimum absolute atomic E-state index is 0.127. The van der Waals surface area contributed by atoms with Crippen molar-refractivity contribution in [3.05, 3.63) is 188 Å². The summed E-state index contributed by atoms with van der Waals surface area (Å²) >= 11 is 0. The fourth-order valence-corrected chi connectivity index (χ4v) is 5.75. The predicted octanol–water partition coefficient (Wildman–Crippen LogP) is 12.5. The lowest BCUT2D eigenvalue weighted by molar-refractivity contribution is 1.28. The number of fused-ring (bicyclic) bond motifs is 2. The highest BCUT2D eigenvalue weighted by Crippen LogP contribution is 2.40. The van der Waals surface area contributed by atoms with Gasteiger partial charge < -0.3 is 4.90 Å². The number of hydrogen-bond acceptors (Lipinski definition) is 1. The van der Waals surface area contributed by atoms with E-state index in [0.717, 1.165) is 32.7 Å². The zero-order valence-electron chi connectivity index (χ0n) is 32.2. The highest BCUT2D eigenvalue weighted by molar-refractivity contribution is 5.97. The Morgan fingerprint density at radius 3 is 1.93 bits per heavy atom. The molecule has 0 N–H and O–H groups in total. The highest BCUT2D eigenvalue weighted by atomic mass is 15.1. The highest BCUT2D eigenvalue weighted by Gasteiger charge is 2.15. The van der Waals surface area contributed by atoms with Gasteiger partial charge in [-0.2, -0.15) is 0 Å². The summed E-state index contributed by atoms with van der Waals surface area (Å²) in [5.41, 5.74) is 3.06. The molecule has 0 unspecified atom stereocenters. The molecule has 0 radical (unpaired) electrons. The molecule has 0 bridgehead atoms. The molecule has 8 rings (SSSR count). The third kappa shape index (κ3) is 5.26. The SMILES string of the molecule is [2H]c1c([2H])c(-c2cccc3ccccc23)c([2H])c(N(c2cccc(-c3ccc4ccccc4c3)c2)c2c([2H])c([2H])c(-c3ccccc3)c([2H])c2[2H])c1[2H]. The van der Waals surface area contributed by atoms with Crippen molar-refractivity contribution >= 4 is 38.6 Å². The number of anilines is 3. The van der Waals surface area contributed by atoms with Gasteiger partial charge in [0, 0.05) is 17.1 Å². The first-order valence-electron chi connectivity index (χ1n) is 18.8. The Hall–Kier alpha value is -5.92. The van der Waals surface area contributed by atoms with Gasteiger partial charge in [0.25, 0.3) is 0 Å². The minimum Gasteiger partial charge on any atom is -0.310 e. The first-order chi connectivity index (χ1) is 25.7. The first-order valence-corrected chi connectivity index (χ1v) is 14.8. The van der Waals surface area contributed by atoms with E-state index in [1.165, 1.54) is 4.90 Å².